The van der Waals surface area contributed by atoms with Gasteiger partial charge >= 0.3 is 0 Å². The number of hydrogen-bond acceptors (Lipinski definition) is 6. The van der Waals surface area contributed by atoms with E-state index < -0.39 is 11.4 Å². The lowest BCUT2D eigenvalue weighted by Crippen LogP contribution is -2.18. The van der Waals surface area contributed by atoms with Gasteiger partial charge in [0, 0.05) is 12.6 Å². The summed E-state index contributed by atoms with van der Waals surface area (Å²) in [4.78, 5) is 12.1. The van der Waals surface area contributed by atoms with Crippen molar-refractivity contribution in [2.75, 3.05) is 0 Å². The number of phenols is 1. The Labute approximate surface area is 120 Å². The van der Waals surface area contributed by atoms with Gasteiger partial charge in [0.05, 0.1) is 0 Å². The molecule has 0 fully saturated rings. The summed E-state index contributed by atoms with van der Waals surface area (Å²) in [6, 6.07) is 8.09. The van der Waals surface area contributed by atoms with Crippen LogP contribution in [0.2, 0.25) is 0 Å². The first-order chi connectivity index (χ1) is 9.97. The maximum absolute atomic E-state index is 12.1. The number of hydrogen-bond donors (Lipinski definition) is 2. The number of nitriles is 1. The first kappa shape index (κ1) is 14.3. The zero-order valence-electron chi connectivity index (χ0n) is 11.4. The molecule has 0 aliphatic heterocycles. The zero-order chi connectivity index (χ0) is 15.6. The van der Waals surface area contributed by atoms with Crippen LogP contribution in [0.5, 0.6) is 11.6 Å². The molecule has 2 aromatic rings. The van der Waals surface area contributed by atoms with Gasteiger partial charge in [0.15, 0.2) is 5.69 Å². The maximum atomic E-state index is 12.1. The minimum absolute atomic E-state index is 0.0386. The molecule has 21 heavy (non-hydrogen) atoms. The molecule has 0 unspecified atom stereocenters. The largest absolute Gasteiger partial charge is 0.506 e. The molecule has 0 spiro atoms. The van der Waals surface area contributed by atoms with Crippen LogP contribution in [-0.4, -0.2) is 14.8 Å². The minimum atomic E-state index is -0.580. The monoisotopic (exact) mass is 284 g/mol. The number of benzene rings is 1. The van der Waals surface area contributed by atoms with Gasteiger partial charge in [0.2, 0.25) is 5.88 Å². The summed E-state index contributed by atoms with van der Waals surface area (Å²) >= 11 is 0. The SMILES string of the molecule is Cc1c(C#N)c(O)n(C)c(=O)c1N=Nc1ccccc1O. The molecule has 0 aliphatic carbocycles. The normalized spacial score (nSPS) is 10.7. The second-order valence-electron chi connectivity index (χ2n) is 4.34. The molecule has 1 aromatic heterocycles. The number of pyridine rings is 1. The van der Waals surface area contributed by atoms with E-state index in [1.165, 1.54) is 26.1 Å². The van der Waals surface area contributed by atoms with E-state index in [-0.39, 0.29) is 28.3 Å². The lowest BCUT2D eigenvalue weighted by atomic mass is 10.1. The highest BCUT2D eigenvalue weighted by atomic mass is 16.3. The molecule has 7 nitrogen and oxygen atoms in total. The van der Waals surface area contributed by atoms with Crippen LogP contribution >= 0.6 is 0 Å². The second-order valence-corrected chi connectivity index (χ2v) is 4.34. The summed E-state index contributed by atoms with van der Waals surface area (Å²) < 4.78 is 0.921. The van der Waals surface area contributed by atoms with E-state index in [1.54, 1.807) is 12.1 Å². The summed E-state index contributed by atoms with van der Waals surface area (Å²) in [6.45, 7) is 1.50. The summed E-state index contributed by atoms with van der Waals surface area (Å²) in [6.07, 6.45) is 0. The van der Waals surface area contributed by atoms with Crippen molar-refractivity contribution in [3.05, 3.63) is 45.7 Å². The molecule has 0 radical (unpaired) electrons. The molecular weight excluding hydrogens is 272 g/mol. The molecule has 7 heteroatoms. The van der Waals surface area contributed by atoms with Crippen molar-refractivity contribution in [2.24, 2.45) is 17.3 Å². The highest BCUT2D eigenvalue weighted by molar-refractivity contribution is 5.57. The molecule has 106 valence electrons. The number of azo groups is 1. The van der Waals surface area contributed by atoms with Crippen LogP contribution in [-0.2, 0) is 7.05 Å². The third-order valence-corrected chi connectivity index (χ3v) is 3.03. The third kappa shape index (κ3) is 2.47. The quantitative estimate of drug-likeness (QED) is 0.824. The van der Waals surface area contributed by atoms with Gasteiger partial charge in [0.1, 0.15) is 23.1 Å². The highest BCUT2D eigenvalue weighted by Crippen LogP contribution is 2.29. The number of nitrogens with zero attached hydrogens (tertiary/aromatic N) is 4. The smallest absolute Gasteiger partial charge is 0.281 e. The second kappa shape index (κ2) is 5.46. The predicted molar refractivity (Wildman–Crippen MR) is 75.1 cm³/mol. The van der Waals surface area contributed by atoms with Crippen molar-refractivity contribution in [1.29, 1.82) is 5.26 Å². The van der Waals surface area contributed by atoms with Gasteiger partial charge in [-0.2, -0.15) is 5.26 Å². The molecule has 2 N–H and O–H groups in total. The summed E-state index contributed by atoms with van der Waals surface area (Å²) in [5.74, 6) is -0.489. The van der Waals surface area contributed by atoms with Gasteiger partial charge in [-0.15, -0.1) is 10.2 Å². The molecule has 0 saturated carbocycles. The average molecular weight is 284 g/mol. The molecule has 1 heterocycles. The molecule has 0 atom stereocenters. The standard InChI is InChI=1S/C14H12N4O3/c1-8-9(7-15)13(20)18(2)14(21)12(8)17-16-10-5-3-4-6-11(10)19/h3-6,19-20H,1-2H3. The number of phenolic OH excluding ortho intramolecular Hbond substituents is 1. The van der Waals surface area contributed by atoms with E-state index in [4.69, 9.17) is 5.26 Å². The van der Waals surface area contributed by atoms with Crippen LogP contribution in [0.3, 0.4) is 0 Å². The zero-order valence-corrected chi connectivity index (χ0v) is 11.4. The summed E-state index contributed by atoms with van der Waals surface area (Å²) in [5, 5.41) is 36.0. The number of para-hydroxylation sites is 1. The number of aromatic nitrogens is 1. The van der Waals surface area contributed by atoms with Crippen molar-refractivity contribution < 1.29 is 10.2 Å². The van der Waals surface area contributed by atoms with Crippen LogP contribution in [0.25, 0.3) is 0 Å². The Bertz CT molecular complexity index is 831. The molecule has 0 amide bonds. The Morgan fingerprint density at radius 1 is 1.24 bits per heavy atom. The Kier molecular flexibility index (Phi) is 3.71. The maximum Gasteiger partial charge on any atom is 0.281 e. The molecule has 0 saturated heterocycles. The van der Waals surface area contributed by atoms with Crippen molar-refractivity contribution >= 4 is 11.4 Å². The van der Waals surface area contributed by atoms with Crippen LogP contribution < -0.4 is 5.56 Å². The predicted octanol–water partition coefficient (Wildman–Crippen LogP) is 2.39. The first-order valence-electron chi connectivity index (χ1n) is 5.99. The fourth-order valence-electron chi connectivity index (χ4n) is 1.77. The third-order valence-electron chi connectivity index (χ3n) is 3.03. The van der Waals surface area contributed by atoms with Crippen LogP contribution in [0, 0.1) is 18.3 Å². The van der Waals surface area contributed by atoms with Gasteiger partial charge in [0.25, 0.3) is 5.56 Å². The molecular formula is C14H12N4O3. The van der Waals surface area contributed by atoms with Crippen molar-refractivity contribution in [3.8, 4) is 17.7 Å². The van der Waals surface area contributed by atoms with Gasteiger partial charge in [-0.1, -0.05) is 12.1 Å². The Morgan fingerprint density at radius 3 is 2.52 bits per heavy atom. The first-order valence-corrected chi connectivity index (χ1v) is 5.99. The molecule has 0 bridgehead atoms. The molecule has 0 aliphatic rings. The van der Waals surface area contributed by atoms with Crippen molar-refractivity contribution in [1.82, 2.24) is 4.57 Å². The topological polar surface area (TPSA) is 111 Å². The van der Waals surface area contributed by atoms with E-state index in [2.05, 4.69) is 10.2 Å². The highest BCUT2D eigenvalue weighted by Gasteiger charge is 2.16. The van der Waals surface area contributed by atoms with Gasteiger partial charge in [-0.05, 0) is 19.1 Å². The Hall–Kier alpha value is -3.14. The van der Waals surface area contributed by atoms with E-state index in [0.29, 0.717) is 0 Å². The van der Waals surface area contributed by atoms with Crippen LogP contribution in [0.1, 0.15) is 11.1 Å². The Morgan fingerprint density at radius 2 is 1.90 bits per heavy atom. The van der Waals surface area contributed by atoms with Gasteiger partial charge in [-0.3, -0.25) is 9.36 Å². The van der Waals surface area contributed by atoms with Crippen LogP contribution in [0.4, 0.5) is 11.4 Å². The van der Waals surface area contributed by atoms with Gasteiger partial charge in [-0.25, -0.2) is 0 Å². The lowest BCUT2D eigenvalue weighted by molar-refractivity contribution is 0.421. The number of rotatable bonds is 2. The van der Waals surface area contributed by atoms with Crippen molar-refractivity contribution in [3.63, 3.8) is 0 Å². The van der Waals surface area contributed by atoms with E-state index in [9.17, 15) is 15.0 Å². The Balaban J connectivity index is 2.61. The fraction of sp³-hybridized carbons (Fsp3) is 0.143. The molecule has 2 rings (SSSR count). The minimum Gasteiger partial charge on any atom is -0.506 e. The fourth-order valence-corrected chi connectivity index (χ4v) is 1.77. The lowest BCUT2D eigenvalue weighted by Gasteiger charge is -2.08. The summed E-state index contributed by atoms with van der Waals surface area (Å²) in [7, 11) is 1.33. The average Bonchev–Trinajstić information content (AvgIpc) is 2.47. The van der Waals surface area contributed by atoms with Crippen LogP contribution in [0.15, 0.2) is 39.3 Å². The number of aromatic hydroxyl groups is 2. The van der Waals surface area contributed by atoms with E-state index in [0.717, 1.165) is 4.57 Å². The van der Waals surface area contributed by atoms with Crippen molar-refractivity contribution in [2.45, 2.75) is 6.92 Å². The van der Waals surface area contributed by atoms with E-state index >= 15 is 0 Å². The molecule has 1 aromatic carbocycles. The van der Waals surface area contributed by atoms with Gasteiger partial charge < -0.3 is 10.2 Å². The van der Waals surface area contributed by atoms with E-state index in [1.807, 2.05) is 6.07 Å². The summed E-state index contributed by atoms with van der Waals surface area (Å²) in [5.41, 5.74) is -0.246.